The van der Waals surface area contributed by atoms with Gasteiger partial charge in [-0.05, 0) is 58.5 Å². The molecule has 7 aromatic carbocycles. The quantitative estimate of drug-likeness (QED) is 0.184. The van der Waals surface area contributed by atoms with Crippen molar-refractivity contribution in [3.63, 3.8) is 0 Å². The molecule has 3 nitrogen and oxygen atoms in total. The minimum Gasteiger partial charge on any atom is -0.309 e. The van der Waals surface area contributed by atoms with Crippen LogP contribution in [0.4, 0.5) is 0 Å². The van der Waals surface area contributed by atoms with Crippen molar-refractivity contribution < 1.29 is 0 Å². The summed E-state index contributed by atoms with van der Waals surface area (Å²) in [4.78, 5) is 0. The van der Waals surface area contributed by atoms with Crippen LogP contribution in [0.15, 0.2) is 188 Å². The molecule has 0 bridgehead atoms. The Bertz CT molecular complexity index is 2780. The predicted octanol–water partition coefficient (Wildman–Crippen LogP) is 12.3. The zero-order valence-electron chi connectivity index (χ0n) is 27.2. The molecule has 3 heteroatoms. The standard InChI is InChI=1S/C47H31N3/c1-4-14-33(15-5-1)44-31-37-25-24-36(32-26-28-38(29-27-32)49-42-22-12-10-20-39(42)40-21-11-13-23-43(40)49)30-41(37)47-45(34-16-6-2-7-17-34)46(48-50(44)47)35-18-8-3-9-19-35/h1-31H. The van der Waals surface area contributed by atoms with Gasteiger partial charge in [0.1, 0.15) is 5.69 Å². The molecule has 0 N–H and O–H groups in total. The first kappa shape index (κ1) is 28.3. The van der Waals surface area contributed by atoms with Gasteiger partial charge in [0.2, 0.25) is 0 Å². The summed E-state index contributed by atoms with van der Waals surface area (Å²) in [5, 5.41) is 10.3. The van der Waals surface area contributed by atoms with Gasteiger partial charge < -0.3 is 4.57 Å². The molecule has 10 rings (SSSR count). The fourth-order valence-electron chi connectivity index (χ4n) is 7.61. The van der Waals surface area contributed by atoms with Gasteiger partial charge in [-0.1, -0.05) is 152 Å². The Kier molecular flexibility index (Phi) is 6.49. The van der Waals surface area contributed by atoms with Crippen molar-refractivity contribution in [1.82, 2.24) is 14.2 Å². The van der Waals surface area contributed by atoms with E-state index in [1.165, 1.54) is 43.7 Å². The second kappa shape index (κ2) is 11.5. The molecule has 0 saturated carbocycles. The van der Waals surface area contributed by atoms with Crippen molar-refractivity contribution in [3.05, 3.63) is 188 Å². The van der Waals surface area contributed by atoms with Crippen LogP contribution >= 0.6 is 0 Å². The summed E-state index contributed by atoms with van der Waals surface area (Å²) >= 11 is 0. The van der Waals surface area contributed by atoms with Gasteiger partial charge in [-0.2, -0.15) is 5.10 Å². The molecular weight excluding hydrogens is 607 g/mol. The van der Waals surface area contributed by atoms with E-state index in [0.717, 1.165) is 44.8 Å². The number of rotatable bonds is 5. The molecule has 0 aliphatic carbocycles. The third-order valence-corrected chi connectivity index (χ3v) is 9.93. The number of aromatic nitrogens is 3. The topological polar surface area (TPSA) is 22.2 Å². The molecule has 0 unspecified atom stereocenters. The number of benzene rings is 7. The largest absolute Gasteiger partial charge is 0.309 e. The summed E-state index contributed by atoms with van der Waals surface area (Å²) in [6, 6.07) is 67.3. The lowest BCUT2D eigenvalue weighted by Crippen LogP contribution is -1.96. The molecule has 0 amide bonds. The molecule has 3 aromatic heterocycles. The van der Waals surface area contributed by atoms with E-state index in [9.17, 15) is 0 Å². The Morgan fingerprint density at radius 2 is 0.920 bits per heavy atom. The highest BCUT2D eigenvalue weighted by atomic mass is 15.2. The lowest BCUT2D eigenvalue weighted by Gasteiger charge is -2.13. The summed E-state index contributed by atoms with van der Waals surface area (Å²) in [5.74, 6) is 0. The predicted molar refractivity (Wildman–Crippen MR) is 209 cm³/mol. The number of nitrogens with zero attached hydrogens (tertiary/aromatic N) is 3. The van der Waals surface area contributed by atoms with Gasteiger partial charge in [0.25, 0.3) is 0 Å². The zero-order valence-corrected chi connectivity index (χ0v) is 27.2. The van der Waals surface area contributed by atoms with Gasteiger partial charge in [-0.3, -0.25) is 0 Å². The Morgan fingerprint density at radius 3 is 1.56 bits per heavy atom. The maximum Gasteiger partial charge on any atom is 0.101 e. The molecule has 0 aliphatic rings. The maximum absolute atomic E-state index is 5.39. The fraction of sp³-hybridized carbons (Fsp3) is 0. The van der Waals surface area contributed by atoms with Crippen LogP contribution in [0.3, 0.4) is 0 Å². The van der Waals surface area contributed by atoms with Crippen molar-refractivity contribution in [2.24, 2.45) is 0 Å². The average Bonchev–Trinajstić information content (AvgIpc) is 3.76. The first-order chi connectivity index (χ1) is 24.8. The van der Waals surface area contributed by atoms with Crippen LogP contribution in [0.1, 0.15) is 0 Å². The molecule has 50 heavy (non-hydrogen) atoms. The summed E-state index contributed by atoms with van der Waals surface area (Å²) in [7, 11) is 0. The third-order valence-electron chi connectivity index (χ3n) is 9.93. The first-order valence-corrected chi connectivity index (χ1v) is 17.1. The van der Waals surface area contributed by atoms with Crippen LogP contribution in [0, 0.1) is 0 Å². The lowest BCUT2D eigenvalue weighted by atomic mass is 9.95. The molecule has 0 atom stereocenters. The third kappa shape index (κ3) is 4.48. The van der Waals surface area contributed by atoms with Gasteiger partial charge in [-0.25, -0.2) is 4.52 Å². The number of fused-ring (bicyclic) bond motifs is 6. The Morgan fingerprint density at radius 1 is 0.380 bits per heavy atom. The summed E-state index contributed by atoms with van der Waals surface area (Å²) < 4.78 is 4.53. The Balaban J connectivity index is 1.20. The van der Waals surface area contributed by atoms with Crippen LogP contribution in [-0.2, 0) is 0 Å². The Hall–Kier alpha value is -6.71. The van der Waals surface area contributed by atoms with E-state index in [-0.39, 0.29) is 0 Å². The number of pyridine rings is 1. The highest BCUT2D eigenvalue weighted by Crippen LogP contribution is 2.42. The van der Waals surface area contributed by atoms with Gasteiger partial charge >= 0.3 is 0 Å². The second-order valence-electron chi connectivity index (χ2n) is 12.8. The molecule has 3 heterocycles. The summed E-state index contributed by atoms with van der Waals surface area (Å²) in [6.45, 7) is 0. The summed E-state index contributed by atoms with van der Waals surface area (Å²) in [6.07, 6.45) is 0. The van der Waals surface area contributed by atoms with Crippen molar-refractivity contribution in [1.29, 1.82) is 0 Å². The molecule has 234 valence electrons. The Labute approximate surface area is 289 Å². The molecule has 0 fully saturated rings. The van der Waals surface area contributed by atoms with Crippen LogP contribution in [0.5, 0.6) is 0 Å². The van der Waals surface area contributed by atoms with E-state index in [1.54, 1.807) is 0 Å². The van der Waals surface area contributed by atoms with E-state index >= 15 is 0 Å². The molecule has 0 radical (unpaired) electrons. The monoisotopic (exact) mass is 637 g/mol. The number of para-hydroxylation sites is 2. The minimum absolute atomic E-state index is 0.974. The van der Waals surface area contributed by atoms with Crippen molar-refractivity contribution in [2.45, 2.75) is 0 Å². The van der Waals surface area contributed by atoms with Crippen LogP contribution < -0.4 is 0 Å². The van der Waals surface area contributed by atoms with Crippen molar-refractivity contribution in [2.75, 3.05) is 0 Å². The first-order valence-electron chi connectivity index (χ1n) is 17.1. The number of hydrogen-bond donors (Lipinski definition) is 0. The van der Waals surface area contributed by atoms with E-state index in [2.05, 4.69) is 197 Å². The normalized spacial score (nSPS) is 11.6. The van der Waals surface area contributed by atoms with Crippen molar-refractivity contribution in [3.8, 4) is 50.5 Å². The molecule has 0 spiro atoms. The smallest absolute Gasteiger partial charge is 0.101 e. The van der Waals surface area contributed by atoms with E-state index < -0.39 is 0 Å². The van der Waals surface area contributed by atoms with Gasteiger partial charge in [0.15, 0.2) is 0 Å². The summed E-state index contributed by atoms with van der Waals surface area (Å²) in [5.41, 5.74) is 13.6. The minimum atomic E-state index is 0.974. The lowest BCUT2D eigenvalue weighted by molar-refractivity contribution is 0.979. The molecule has 0 saturated heterocycles. The van der Waals surface area contributed by atoms with Crippen LogP contribution in [0.25, 0.3) is 88.6 Å². The van der Waals surface area contributed by atoms with E-state index in [0.29, 0.717) is 0 Å². The molecular formula is C47H31N3. The zero-order chi connectivity index (χ0) is 33.0. The fourth-order valence-corrected chi connectivity index (χ4v) is 7.61. The van der Waals surface area contributed by atoms with Gasteiger partial charge in [0, 0.05) is 38.5 Å². The van der Waals surface area contributed by atoms with Gasteiger partial charge in [-0.15, -0.1) is 0 Å². The highest BCUT2D eigenvalue weighted by Gasteiger charge is 2.22. The SMILES string of the molecule is c1ccc(-c2nn3c(-c4ccccc4)cc4ccc(-c5ccc(-n6c7ccccc7c7ccccc76)cc5)cc4c3c2-c2ccccc2)cc1. The molecule has 10 aromatic rings. The van der Waals surface area contributed by atoms with E-state index in [4.69, 9.17) is 5.10 Å². The molecule has 0 aliphatic heterocycles. The highest BCUT2D eigenvalue weighted by molar-refractivity contribution is 6.10. The van der Waals surface area contributed by atoms with Gasteiger partial charge in [0.05, 0.1) is 22.2 Å². The van der Waals surface area contributed by atoms with Crippen molar-refractivity contribution >= 4 is 38.1 Å². The maximum atomic E-state index is 5.39. The van der Waals surface area contributed by atoms with Crippen LogP contribution in [-0.4, -0.2) is 14.2 Å². The second-order valence-corrected chi connectivity index (χ2v) is 12.8. The number of hydrogen-bond acceptors (Lipinski definition) is 1. The average molecular weight is 638 g/mol. The van der Waals surface area contributed by atoms with E-state index in [1.807, 2.05) is 0 Å². The van der Waals surface area contributed by atoms with Crippen LogP contribution in [0.2, 0.25) is 0 Å².